The summed E-state index contributed by atoms with van der Waals surface area (Å²) in [6.07, 6.45) is 2.31. The Morgan fingerprint density at radius 3 is 2.58 bits per heavy atom. The van der Waals surface area contributed by atoms with Crippen molar-refractivity contribution in [3.8, 4) is 5.69 Å². The Bertz CT molecular complexity index is 843. The standard InChI is InChI=1S/C18H15F2N3O/c19-14-4-6-17(7-5-14)23-11-9-16(22-23)8-10-21-18(24)13-2-1-3-15(20)12-13/h1-7,9,11-12H,8,10H2,(H,21,24). The molecule has 0 radical (unpaired) electrons. The second-order valence-corrected chi connectivity index (χ2v) is 5.24. The monoisotopic (exact) mass is 327 g/mol. The summed E-state index contributed by atoms with van der Waals surface area (Å²) in [5.41, 5.74) is 1.83. The summed E-state index contributed by atoms with van der Waals surface area (Å²) < 4.78 is 27.7. The van der Waals surface area contributed by atoms with Gasteiger partial charge in [0.1, 0.15) is 11.6 Å². The molecule has 0 bridgehead atoms. The Hall–Kier alpha value is -3.02. The van der Waals surface area contributed by atoms with Crippen molar-refractivity contribution in [2.24, 2.45) is 0 Å². The van der Waals surface area contributed by atoms with Crippen LogP contribution in [-0.4, -0.2) is 22.2 Å². The summed E-state index contributed by atoms with van der Waals surface area (Å²) in [5.74, 6) is -1.07. The minimum Gasteiger partial charge on any atom is -0.352 e. The van der Waals surface area contributed by atoms with Crippen LogP contribution in [0.25, 0.3) is 5.69 Å². The maximum absolute atomic E-state index is 13.1. The van der Waals surface area contributed by atoms with Gasteiger partial charge in [-0.2, -0.15) is 5.10 Å². The van der Waals surface area contributed by atoms with E-state index < -0.39 is 5.82 Å². The first kappa shape index (κ1) is 15.9. The summed E-state index contributed by atoms with van der Waals surface area (Å²) in [6.45, 7) is 0.385. The number of rotatable bonds is 5. The molecule has 0 saturated heterocycles. The second-order valence-electron chi connectivity index (χ2n) is 5.24. The van der Waals surface area contributed by atoms with E-state index in [9.17, 15) is 13.6 Å². The van der Waals surface area contributed by atoms with Crippen LogP contribution in [0.4, 0.5) is 8.78 Å². The average Bonchev–Trinajstić information content (AvgIpc) is 3.04. The van der Waals surface area contributed by atoms with Crippen LogP contribution in [0, 0.1) is 11.6 Å². The molecule has 6 heteroatoms. The molecule has 122 valence electrons. The predicted molar refractivity (Wildman–Crippen MR) is 86.0 cm³/mol. The fourth-order valence-corrected chi connectivity index (χ4v) is 2.27. The number of hydrogen-bond acceptors (Lipinski definition) is 2. The van der Waals surface area contributed by atoms with Crippen LogP contribution < -0.4 is 5.32 Å². The van der Waals surface area contributed by atoms with Gasteiger partial charge in [-0.15, -0.1) is 0 Å². The van der Waals surface area contributed by atoms with Gasteiger partial charge in [0.2, 0.25) is 0 Å². The van der Waals surface area contributed by atoms with Gasteiger partial charge in [-0.3, -0.25) is 4.79 Å². The van der Waals surface area contributed by atoms with Crippen LogP contribution in [0.3, 0.4) is 0 Å². The number of carbonyl (C=O) groups excluding carboxylic acids is 1. The minimum absolute atomic E-state index is 0.284. The van der Waals surface area contributed by atoms with Crippen LogP contribution in [0.5, 0.6) is 0 Å². The molecule has 1 heterocycles. The van der Waals surface area contributed by atoms with Crippen molar-refractivity contribution in [2.75, 3.05) is 6.54 Å². The van der Waals surface area contributed by atoms with E-state index in [1.807, 2.05) is 6.07 Å². The van der Waals surface area contributed by atoms with Gasteiger partial charge in [-0.25, -0.2) is 13.5 Å². The lowest BCUT2D eigenvalue weighted by Gasteiger charge is -2.04. The first-order chi connectivity index (χ1) is 11.6. The zero-order chi connectivity index (χ0) is 16.9. The summed E-state index contributed by atoms with van der Waals surface area (Å²) in [4.78, 5) is 11.9. The highest BCUT2D eigenvalue weighted by molar-refractivity contribution is 5.94. The first-order valence-corrected chi connectivity index (χ1v) is 7.46. The van der Waals surface area contributed by atoms with Gasteiger partial charge < -0.3 is 5.32 Å². The maximum atomic E-state index is 13.1. The summed E-state index contributed by atoms with van der Waals surface area (Å²) >= 11 is 0. The molecule has 0 saturated carbocycles. The number of aromatic nitrogens is 2. The van der Waals surface area contributed by atoms with Crippen LogP contribution in [0.15, 0.2) is 60.8 Å². The van der Waals surface area contributed by atoms with Crippen molar-refractivity contribution in [3.63, 3.8) is 0 Å². The van der Waals surface area contributed by atoms with Gasteiger partial charge in [0.25, 0.3) is 5.91 Å². The third-order valence-electron chi connectivity index (χ3n) is 3.49. The second kappa shape index (κ2) is 7.04. The molecule has 1 aromatic heterocycles. The Morgan fingerprint density at radius 1 is 1.04 bits per heavy atom. The third-order valence-corrected chi connectivity index (χ3v) is 3.49. The quantitative estimate of drug-likeness (QED) is 0.783. The number of nitrogens with one attached hydrogen (secondary N) is 1. The number of amides is 1. The van der Waals surface area contributed by atoms with E-state index in [4.69, 9.17) is 0 Å². The van der Waals surface area contributed by atoms with E-state index in [-0.39, 0.29) is 17.3 Å². The fraction of sp³-hybridized carbons (Fsp3) is 0.111. The molecule has 0 atom stereocenters. The van der Waals surface area contributed by atoms with Crippen molar-refractivity contribution in [1.82, 2.24) is 15.1 Å². The van der Waals surface area contributed by atoms with E-state index in [0.717, 1.165) is 11.4 Å². The zero-order valence-corrected chi connectivity index (χ0v) is 12.7. The van der Waals surface area contributed by atoms with E-state index in [2.05, 4.69) is 10.4 Å². The molecular formula is C18H15F2N3O. The van der Waals surface area contributed by atoms with Gasteiger partial charge in [0.05, 0.1) is 11.4 Å². The van der Waals surface area contributed by atoms with E-state index >= 15 is 0 Å². The molecule has 3 rings (SSSR count). The highest BCUT2D eigenvalue weighted by atomic mass is 19.1. The largest absolute Gasteiger partial charge is 0.352 e. The van der Waals surface area contributed by atoms with E-state index in [1.54, 1.807) is 29.1 Å². The Kier molecular flexibility index (Phi) is 4.65. The number of benzene rings is 2. The van der Waals surface area contributed by atoms with Gasteiger partial charge >= 0.3 is 0 Å². The molecule has 24 heavy (non-hydrogen) atoms. The Balaban J connectivity index is 1.56. The zero-order valence-electron chi connectivity index (χ0n) is 12.7. The average molecular weight is 327 g/mol. The number of hydrogen-bond donors (Lipinski definition) is 1. The van der Waals surface area contributed by atoms with Crippen LogP contribution in [0.1, 0.15) is 16.1 Å². The van der Waals surface area contributed by atoms with Crippen molar-refractivity contribution >= 4 is 5.91 Å². The number of nitrogens with zero attached hydrogens (tertiary/aromatic N) is 2. The normalized spacial score (nSPS) is 10.6. The minimum atomic E-state index is -0.444. The first-order valence-electron chi connectivity index (χ1n) is 7.46. The third kappa shape index (κ3) is 3.84. The summed E-state index contributed by atoms with van der Waals surface area (Å²) in [7, 11) is 0. The molecule has 0 unspecified atom stereocenters. The summed E-state index contributed by atoms with van der Waals surface area (Å²) in [6, 6.07) is 13.4. The van der Waals surface area contributed by atoms with Crippen molar-refractivity contribution in [3.05, 3.63) is 83.7 Å². The van der Waals surface area contributed by atoms with Crippen molar-refractivity contribution in [2.45, 2.75) is 6.42 Å². The molecule has 0 aliphatic heterocycles. The highest BCUT2D eigenvalue weighted by Crippen LogP contribution is 2.09. The van der Waals surface area contributed by atoms with Gasteiger partial charge in [-0.1, -0.05) is 6.07 Å². The lowest BCUT2D eigenvalue weighted by Crippen LogP contribution is -2.25. The number of carbonyl (C=O) groups is 1. The molecule has 0 spiro atoms. The topological polar surface area (TPSA) is 46.9 Å². The van der Waals surface area contributed by atoms with Crippen LogP contribution in [0.2, 0.25) is 0 Å². The van der Waals surface area contributed by atoms with E-state index in [0.29, 0.717) is 13.0 Å². The fourth-order valence-electron chi connectivity index (χ4n) is 2.27. The lowest BCUT2D eigenvalue weighted by atomic mass is 10.2. The predicted octanol–water partition coefficient (Wildman–Crippen LogP) is 3.12. The van der Waals surface area contributed by atoms with Crippen molar-refractivity contribution < 1.29 is 13.6 Å². The molecule has 1 amide bonds. The Morgan fingerprint density at radius 2 is 1.83 bits per heavy atom. The van der Waals surface area contributed by atoms with Gasteiger partial charge in [-0.05, 0) is 48.5 Å². The van der Waals surface area contributed by atoms with Crippen LogP contribution >= 0.6 is 0 Å². The molecule has 3 aromatic rings. The molecule has 1 N–H and O–H groups in total. The molecule has 4 nitrogen and oxygen atoms in total. The van der Waals surface area contributed by atoms with Crippen LogP contribution in [-0.2, 0) is 6.42 Å². The lowest BCUT2D eigenvalue weighted by molar-refractivity contribution is 0.0953. The van der Waals surface area contributed by atoms with Gasteiger partial charge in [0, 0.05) is 24.7 Å². The number of halogens is 2. The molecule has 2 aromatic carbocycles. The Labute approximate surface area is 137 Å². The molecule has 0 fully saturated rings. The van der Waals surface area contributed by atoms with E-state index in [1.165, 1.54) is 30.3 Å². The highest BCUT2D eigenvalue weighted by Gasteiger charge is 2.07. The molecule has 0 aliphatic carbocycles. The molecule has 0 aliphatic rings. The van der Waals surface area contributed by atoms with Gasteiger partial charge in [0.15, 0.2) is 0 Å². The SMILES string of the molecule is O=C(NCCc1ccn(-c2ccc(F)cc2)n1)c1cccc(F)c1. The van der Waals surface area contributed by atoms with Crippen molar-refractivity contribution in [1.29, 1.82) is 0 Å². The molecular weight excluding hydrogens is 312 g/mol. The summed E-state index contributed by atoms with van der Waals surface area (Å²) in [5, 5.41) is 7.10. The maximum Gasteiger partial charge on any atom is 0.251 e. The smallest absolute Gasteiger partial charge is 0.251 e.